The fraction of sp³-hybridized carbons (Fsp3) is 0.400. The molecule has 1 fully saturated rings. The van der Waals surface area contributed by atoms with Crippen molar-refractivity contribution in [3.05, 3.63) is 68.7 Å². The van der Waals surface area contributed by atoms with E-state index in [9.17, 15) is 18.5 Å². The predicted molar refractivity (Wildman–Crippen MR) is 112 cm³/mol. The Balaban J connectivity index is 1.53. The Morgan fingerprint density at radius 3 is 2.52 bits per heavy atom. The van der Waals surface area contributed by atoms with Gasteiger partial charge in [0.2, 0.25) is 10.0 Å². The summed E-state index contributed by atoms with van der Waals surface area (Å²) >= 11 is 6.23. The molecule has 156 valence electrons. The van der Waals surface area contributed by atoms with Gasteiger partial charge in [-0.05, 0) is 62.0 Å². The van der Waals surface area contributed by atoms with E-state index in [1.54, 1.807) is 6.92 Å². The standard InChI is InChI=1S/C20H24ClN3O4S/c1-15-12-18(24(25)26)6-7-20(15)29(27,28)22-13-16-8-10-23(11-9-16)14-17-4-2-3-5-19(17)21/h2-7,12,16,22H,8-11,13-14H2,1H3. The Morgan fingerprint density at radius 1 is 1.21 bits per heavy atom. The SMILES string of the molecule is Cc1cc([N+](=O)[O-])ccc1S(=O)(=O)NCC1CCN(Cc2ccccc2Cl)CC1. The first-order chi connectivity index (χ1) is 13.8. The quantitative estimate of drug-likeness (QED) is 0.526. The molecule has 0 aliphatic carbocycles. The number of likely N-dealkylation sites (tertiary alicyclic amines) is 1. The lowest BCUT2D eigenvalue weighted by atomic mass is 9.97. The van der Waals surface area contributed by atoms with Crippen LogP contribution in [-0.4, -0.2) is 37.9 Å². The van der Waals surface area contributed by atoms with E-state index in [1.165, 1.54) is 18.2 Å². The first-order valence-corrected chi connectivity index (χ1v) is 11.3. The van der Waals surface area contributed by atoms with Crippen LogP contribution in [-0.2, 0) is 16.6 Å². The number of nitro groups is 1. The first-order valence-electron chi connectivity index (χ1n) is 9.47. The normalized spacial score (nSPS) is 16.1. The van der Waals surface area contributed by atoms with Crippen LogP contribution in [0.3, 0.4) is 0 Å². The van der Waals surface area contributed by atoms with E-state index in [4.69, 9.17) is 11.6 Å². The maximum atomic E-state index is 12.6. The van der Waals surface area contributed by atoms with Crippen molar-refractivity contribution in [1.29, 1.82) is 0 Å². The number of halogens is 1. The average Bonchev–Trinajstić information content (AvgIpc) is 2.69. The molecule has 0 unspecified atom stereocenters. The monoisotopic (exact) mass is 437 g/mol. The fourth-order valence-electron chi connectivity index (χ4n) is 3.57. The molecule has 0 aromatic heterocycles. The number of rotatable bonds is 7. The third kappa shape index (κ3) is 5.54. The van der Waals surface area contributed by atoms with Crippen LogP contribution in [0.5, 0.6) is 0 Å². The molecule has 0 amide bonds. The van der Waals surface area contributed by atoms with Crippen molar-refractivity contribution >= 4 is 27.3 Å². The maximum Gasteiger partial charge on any atom is 0.269 e. The number of aryl methyl sites for hydroxylation is 1. The molecule has 0 spiro atoms. The summed E-state index contributed by atoms with van der Waals surface area (Å²) in [5.41, 5.74) is 1.34. The number of nitrogens with zero attached hydrogens (tertiary/aromatic N) is 2. The first kappa shape index (κ1) is 21.7. The van der Waals surface area contributed by atoms with Crippen LogP contribution in [0, 0.1) is 23.0 Å². The number of nitrogens with one attached hydrogen (secondary N) is 1. The van der Waals surface area contributed by atoms with Gasteiger partial charge in [-0.25, -0.2) is 13.1 Å². The topological polar surface area (TPSA) is 92.5 Å². The zero-order chi connectivity index (χ0) is 21.0. The zero-order valence-electron chi connectivity index (χ0n) is 16.2. The summed E-state index contributed by atoms with van der Waals surface area (Å²) in [7, 11) is -3.70. The molecular weight excluding hydrogens is 414 g/mol. The molecule has 1 heterocycles. The van der Waals surface area contributed by atoms with Crippen molar-refractivity contribution in [3.8, 4) is 0 Å². The van der Waals surface area contributed by atoms with Crippen LogP contribution < -0.4 is 4.72 Å². The number of benzene rings is 2. The molecule has 2 aromatic rings. The third-order valence-corrected chi connectivity index (χ3v) is 7.23. The lowest BCUT2D eigenvalue weighted by molar-refractivity contribution is -0.385. The van der Waals surface area contributed by atoms with Gasteiger partial charge in [0.1, 0.15) is 0 Å². The number of nitro benzene ring substituents is 1. The molecule has 0 bridgehead atoms. The molecule has 0 atom stereocenters. The van der Waals surface area contributed by atoms with E-state index < -0.39 is 14.9 Å². The fourth-order valence-corrected chi connectivity index (χ4v) is 5.11. The van der Waals surface area contributed by atoms with Crippen LogP contribution in [0.25, 0.3) is 0 Å². The predicted octanol–water partition coefficient (Wildman–Crippen LogP) is 3.75. The lowest BCUT2D eigenvalue weighted by Crippen LogP contribution is -2.38. The third-order valence-electron chi connectivity index (χ3n) is 5.28. The highest BCUT2D eigenvalue weighted by Gasteiger charge is 2.24. The lowest BCUT2D eigenvalue weighted by Gasteiger charge is -2.32. The van der Waals surface area contributed by atoms with Crippen LogP contribution in [0.1, 0.15) is 24.0 Å². The molecule has 1 saturated heterocycles. The van der Waals surface area contributed by atoms with Gasteiger partial charge < -0.3 is 0 Å². The highest BCUT2D eigenvalue weighted by atomic mass is 35.5. The highest BCUT2D eigenvalue weighted by molar-refractivity contribution is 7.89. The molecule has 29 heavy (non-hydrogen) atoms. The maximum absolute atomic E-state index is 12.6. The van der Waals surface area contributed by atoms with Gasteiger partial charge in [-0.15, -0.1) is 0 Å². The van der Waals surface area contributed by atoms with Crippen LogP contribution >= 0.6 is 11.6 Å². The minimum atomic E-state index is -3.70. The number of hydrogen-bond donors (Lipinski definition) is 1. The van der Waals surface area contributed by atoms with Crippen molar-refractivity contribution < 1.29 is 13.3 Å². The summed E-state index contributed by atoms with van der Waals surface area (Å²) in [5, 5.41) is 11.6. The molecule has 1 aliphatic rings. The highest BCUT2D eigenvalue weighted by Crippen LogP contribution is 2.24. The second-order valence-corrected chi connectivity index (χ2v) is 9.51. The summed E-state index contributed by atoms with van der Waals surface area (Å²) < 4.78 is 27.9. The van der Waals surface area contributed by atoms with Gasteiger partial charge in [-0.1, -0.05) is 29.8 Å². The van der Waals surface area contributed by atoms with Gasteiger partial charge in [-0.3, -0.25) is 15.0 Å². The Morgan fingerprint density at radius 2 is 1.90 bits per heavy atom. The van der Waals surface area contributed by atoms with Gasteiger partial charge in [0, 0.05) is 30.2 Å². The molecule has 7 nitrogen and oxygen atoms in total. The summed E-state index contributed by atoms with van der Waals surface area (Å²) in [6.07, 6.45) is 1.79. The van der Waals surface area contributed by atoms with Crippen LogP contribution in [0.15, 0.2) is 47.4 Å². The van der Waals surface area contributed by atoms with Crippen LogP contribution in [0.2, 0.25) is 5.02 Å². The minimum Gasteiger partial charge on any atom is -0.299 e. The summed E-state index contributed by atoms with van der Waals surface area (Å²) in [4.78, 5) is 12.7. The molecular formula is C20H24ClN3O4S. The van der Waals surface area contributed by atoms with E-state index in [0.717, 1.165) is 43.1 Å². The molecule has 9 heteroatoms. The number of hydrogen-bond acceptors (Lipinski definition) is 5. The minimum absolute atomic E-state index is 0.0826. The van der Waals surface area contributed by atoms with Gasteiger partial charge in [-0.2, -0.15) is 0 Å². The molecule has 0 saturated carbocycles. The van der Waals surface area contributed by atoms with E-state index in [1.807, 2.05) is 24.3 Å². The van der Waals surface area contributed by atoms with Gasteiger partial charge in [0.15, 0.2) is 0 Å². The Kier molecular flexibility index (Phi) is 6.89. The number of piperidine rings is 1. The van der Waals surface area contributed by atoms with Crippen molar-refractivity contribution in [3.63, 3.8) is 0 Å². The van der Waals surface area contributed by atoms with E-state index in [-0.39, 0.29) is 16.5 Å². The van der Waals surface area contributed by atoms with E-state index in [0.29, 0.717) is 12.1 Å². The second kappa shape index (κ2) is 9.21. The van der Waals surface area contributed by atoms with E-state index >= 15 is 0 Å². The smallest absolute Gasteiger partial charge is 0.269 e. The Hall–Kier alpha value is -2.00. The second-order valence-electron chi connectivity index (χ2n) is 7.37. The van der Waals surface area contributed by atoms with Gasteiger partial charge in [0.25, 0.3) is 5.69 Å². The van der Waals surface area contributed by atoms with Gasteiger partial charge in [0.05, 0.1) is 9.82 Å². The van der Waals surface area contributed by atoms with Crippen molar-refractivity contribution in [2.75, 3.05) is 19.6 Å². The van der Waals surface area contributed by atoms with Crippen molar-refractivity contribution in [2.24, 2.45) is 5.92 Å². The molecule has 3 rings (SSSR count). The van der Waals surface area contributed by atoms with E-state index in [2.05, 4.69) is 9.62 Å². The molecule has 1 aliphatic heterocycles. The summed E-state index contributed by atoms with van der Waals surface area (Å²) in [5.74, 6) is 0.255. The summed E-state index contributed by atoms with van der Waals surface area (Å²) in [6, 6.07) is 11.6. The zero-order valence-corrected chi connectivity index (χ0v) is 17.7. The number of non-ortho nitro benzene ring substituents is 1. The molecule has 0 radical (unpaired) electrons. The van der Waals surface area contributed by atoms with Crippen LogP contribution in [0.4, 0.5) is 5.69 Å². The van der Waals surface area contributed by atoms with Crippen molar-refractivity contribution in [1.82, 2.24) is 9.62 Å². The molecule has 1 N–H and O–H groups in total. The average molecular weight is 438 g/mol. The largest absolute Gasteiger partial charge is 0.299 e. The number of sulfonamides is 1. The molecule has 2 aromatic carbocycles. The summed E-state index contributed by atoms with van der Waals surface area (Å²) in [6.45, 7) is 4.48. The Bertz CT molecular complexity index is 989. The van der Waals surface area contributed by atoms with Crippen molar-refractivity contribution in [2.45, 2.75) is 31.2 Å². The Labute approximate surface area is 175 Å². The van der Waals surface area contributed by atoms with Gasteiger partial charge >= 0.3 is 0 Å².